The Hall–Kier alpha value is -2.57. The second kappa shape index (κ2) is 9.96. The third kappa shape index (κ3) is 5.97. The number of carbonyl (C=O) groups is 2. The summed E-state index contributed by atoms with van der Waals surface area (Å²) >= 11 is 6.17. The molecule has 7 heteroatoms. The highest BCUT2D eigenvalue weighted by atomic mass is 35.5. The van der Waals surface area contributed by atoms with Crippen molar-refractivity contribution in [1.82, 2.24) is 5.32 Å². The van der Waals surface area contributed by atoms with Gasteiger partial charge in [0.1, 0.15) is 6.61 Å². The molecule has 1 heterocycles. The molecule has 0 aliphatic carbocycles. The molecule has 0 atom stereocenters. The lowest BCUT2D eigenvalue weighted by atomic mass is 9.90. The van der Waals surface area contributed by atoms with Crippen LogP contribution in [0.25, 0.3) is 0 Å². The van der Waals surface area contributed by atoms with E-state index in [4.69, 9.17) is 21.1 Å². The van der Waals surface area contributed by atoms with Crippen LogP contribution >= 0.6 is 11.6 Å². The van der Waals surface area contributed by atoms with E-state index in [0.717, 1.165) is 16.7 Å². The predicted octanol–water partition coefficient (Wildman–Crippen LogP) is 4.41. The van der Waals surface area contributed by atoms with Gasteiger partial charge >= 0.3 is 6.09 Å². The van der Waals surface area contributed by atoms with Crippen LogP contribution in [-0.4, -0.2) is 37.4 Å². The van der Waals surface area contributed by atoms with Gasteiger partial charge < -0.3 is 14.8 Å². The number of rotatable bonds is 6. The van der Waals surface area contributed by atoms with E-state index in [9.17, 15) is 9.59 Å². The van der Waals surface area contributed by atoms with Gasteiger partial charge in [-0.1, -0.05) is 47.5 Å². The predicted molar refractivity (Wildman–Crippen MR) is 117 cm³/mol. The van der Waals surface area contributed by atoms with Crippen molar-refractivity contribution < 1.29 is 19.1 Å². The number of amides is 2. The van der Waals surface area contributed by atoms with Gasteiger partial charge in [-0.15, -0.1) is 0 Å². The first-order valence-electron chi connectivity index (χ1n) is 10.0. The Morgan fingerprint density at radius 2 is 1.87 bits per heavy atom. The Morgan fingerprint density at radius 3 is 2.57 bits per heavy atom. The monoisotopic (exact) mass is 430 g/mol. The number of hydrogen-bond donors (Lipinski definition) is 2. The van der Waals surface area contributed by atoms with Crippen LogP contribution < -0.4 is 10.6 Å². The van der Waals surface area contributed by atoms with E-state index in [0.29, 0.717) is 36.8 Å². The second-order valence-corrected chi connectivity index (χ2v) is 8.14. The van der Waals surface area contributed by atoms with E-state index in [-0.39, 0.29) is 18.9 Å². The molecular formula is C23H27ClN2O4. The Labute approximate surface area is 181 Å². The number of nitrogens with one attached hydrogen (secondary N) is 2. The van der Waals surface area contributed by atoms with Crippen molar-refractivity contribution in [2.45, 2.75) is 38.6 Å². The first-order valence-corrected chi connectivity index (χ1v) is 10.4. The Bertz CT molecular complexity index is 910. The first kappa shape index (κ1) is 22.1. The number of halogens is 1. The smallest absolute Gasteiger partial charge is 0.411 e. The van der Waals surface area contributed by atoms with E-state index in [2.05, 4.69) is 10.6 Å². The lowest BCUT2D eigenvalue weighted by Crippen LogP contribution is -2.56. The van der Waals surface area contributed by atoms with Crippen LogP contribution in [0.4, 0.5) is 10.5 Å². The number of ether oxygens (including phenoxy) is 2. The van der Waals surface area contributed by atoms with Gasteiger partial charge in [0.05, 0.1) is 12.0 Å². The molecule has 1 aliphatic rings. The van der Waals surface area contributed by atoms with Gasteiger partial charge in [0, 0.05) is 23.9 Å². The van der Waals surface area contributed by atoms with E-state index in [1.807, 2.05) is 50.2 Å². The van der Waals surface area contributed by atoms with Crippen molar-refractivity contribution in [2.75, 3.05) is 25.1 Å². The molecule has 0 aromatic heterocycles. The van der Waals surface area contributed by atoms with Gasteiger partial charge in [-0.25, -0.2) is 4.79 Å². The maximum absolute atomic E-state index is 12.7. The van der Waals surface area contributed by atoms with Crippen molar-refractivity contribution >= 4 is 29.3 Å². The minimum atomic E-state index is -0.656. The maximum Gasteiger partial charge on any atom is 0.411 e. The summed E-state index contributed by atoms with van der Waals surface area (Å²) in [5, 5.41) is 6.39. The first-order chi connectivity index (χ1) is 14.4. The van der Waals surface area contributed by atoms with Crippen LogP contribution in [0.1, 0.15) is 29.5 Å². The molecule has 1 fully saturated rings. The molecule has 2 aromatic carbocycles. The van der Waals surface area contributed by atoms with Gasteiger partial charge in [-0.2, -0.15) is 0 Å². The highest BCUT2D eigenvalue weighted by molar-refractivity contribution is 6.31. The molecule has 2 aromatic rings. The third-order valence-corrected chi connectivity index (χ3v) is 5.63. The van der Waals surface area contributed by atoms with Gasteiger partial charge in [-0.3, -0.25) is 10.1 Å². The van der Waals surface area contributed by atoms with Gasteiger partial charge in [0.15, 0.2) is 0 Å². The van der Waals surface area contributed by atoms with Crippen molar-refractivity contribution in [3.05, 3.63) is 64.2 Å². The van der Waals surface area contributed by atoms with Crippen LogP contribution in [0.15, 0.2) is 42.5 Å². The van der Waals surface area contributed by atoms with Gasteiger partial charge in [0.2, 0.25) is 5.91 Å². The van der Waals surface area contributed by atoms with Crippen LogP contribution in [0, 0.1) is 13.8 Å². The number of hydrogen-bond acceptors (Lipinski definition) is 4. The number of carbonyl (C=O) groups excluding carboxylic acids is 2. The summed E-state index contributed by atoms with van der Waals surface area (Å²) in [4.78, 5) is 25.0. The average molecular weight is 431 g/mol. The third-order valence-electron chi connectivity index (χ3n) is 5.26. The molecule has 2 N–H and O–H groups in total. The van der Waals surface area contributed by atoms with Gasteiger partial charge in [0.25, 0.3) is 0 Å². The lowest BCUT2D eigenvalue weighted by Gasteiger charge is -2.37. The summed E-state index contributed by atoms with van der Waals surface area (Å²) in [5.74, 6) is -0.164. The molecule has 0 unspecified atom stereocenters. The van der Waals surface area contributed by atoms with Crippen LogP contribution in [0.2, 0.25) is 5.02 Å². The highest BCUT2D eigenvalue weighted by Crippen LogP contribution is 2.23. The zero-order chi connectivity index (χ0) is 21.6. The molecular weight excluding hydrogens is 404 g/mol. The van der Waals surface area contributed by atoms with Crippen LogP contribution in [-0.2, 0) is 20.7 Å². The number of benzene rings is 2. The SMILES string of the molecule is Cc1ccc(NC(=O)OCC2(NC(=O)Cc3ccccc3Cl)CCOCC2)c(C)c1. The molecule has 160 valence electrons. The molecule has 0 bridgehead atoms. The largest absolute Gasteiger partial charge is 0.447 e. The summed E-state index contributed by atoms with van der Waals surface area (Å²) in [6.45, 7) is 4.98. The van der Waals surface area contributed by atoms with E-state index in [1.54, 1.807) is 6.07 Å². The molecule has 3 rings (SSSR count). The molecule has 1 saturated heterocycles. The molecule has 6 nitrogen and oxygen atoms in total. The Kier molecular flexibility index (Phi) is 7.34. The second-order valence-electron chi connectivity index (χ2n) is 7.73. The summed E-state index contributed by atoms with van der Waals surface area (Å²) < 4.78 is 10.9. The molecule has 1 aliphatic heterocycles. The van der Waals surface area contributed by atoms with E-state index < -0.39 is 11.6 Å². The fourth-order valence-corrected chi connectivity index (χ4v) is 3.73. The number of anilines is 1. The minimum absolute atomic E-state index is 0.0708. The molecule has 2 amide bonds. The topological polar surface area (TPSA) is 76.7 Å². The highest BCUT2D eigenvalue weighted by Gasteiger charge is 2.36. The fourth-order valence-electron chi connectivity index (χ4n) is 3.53. The molecule has 0 saturated carbocycles. The zero-order valence-corrected chi connectivity index (χ0v) is 18.1. The van der Waals surface area contributed by atoms with Crippen molar-refractivity contribution in [3.8, 4) is 0 Å². The van der Waals surface area contributed by atoms with Crippen LogP contribution in [0.5, 0.6) is 0 Å². The Morgan fingerprint density at radius 1 is 1.13 bits per heavy atom. The summed E-state index contributed by atoms with van der Waals surface area (Å²) in [6, 6.07) is 13.0. The quantitative estimate of drug-likeness (QED) is 0.711. The summed E-state index contributed by atoms with van der Waals surface area (Å²) in [7, 11) is 0. The fraction of sp³-hybridized carbons (Fsp3) is 0.391. The summed E-state index contributed by atoms with van der Waals surface area (Å²) in [6.07, 6.45) is 0.751. The van der Waals surface area contributed by atoms with Crippen LogP contribution in [0.3, 0.4) is 0 Å². The van der Waals surface area contributed by atoms with E-state index in [1.165, 1.54) is 0 Å². The zero-order valence-electron chi connectivity index (χ0n) is 17.3. The van der Waals surface area contributed by atoms with Crippen molar-refractivity contribution in [3.63, 3.8) is 0 Å². The minimum Gasteiger partial charge on any atom is -0.447 e. The Balaban J connectivity index is 1.61. The molecule has 0 radical (unpaired) electrons. The maximum atomic E-state index is 12.7. The molecule has 0 spiro atoms. The normalized spacial score (nSPS) is 15.3. The van der Waals surface area contributed by atoms with Crippen molar-refractivity contribution in [1.29, 1.82) is 0 Å². The standard InChI is InChI=1S/C23H27ClN2O4/c1-16-7-8-20(17(2)13-16)25-22(28)30-15-23(9-11-29-12-10-23)26-21(27)14-18-5-3-4-6-19(18)24/h3-8,13H,9-12,14-15H2,1-2H3,(H,25,28)(H,26,27). The lowest BCUT2D eigenvalue weighted by molar-refractivity contribution is -0.124. The van der Waals surface area contributed by atoms with E-state index >= 15 is 0 Å². The van der Waals surface area contributed by atoms with Crippen molar-refractivity contribution in [2.24, 2.45) is 0 Å². The molecule has 30 heavy (non-hydrogen) atoms. The number of aryl methyl sites for hydroxylation is 2. The summed E-state index contributed by atoms with van der Waals surface area (Å²) in [5.41, 5.74) is 2.88. The van der Waals surface area contributed by atoms with Gasteiger partial charge in [-0.05, 0) is 49.9 Å². The average Bonchev–Trinajstić information content (AvgIpc) is 2.71.